The molecule has 0 radical (unpaired) electrons. The minimum atomic E-state index is -1.75. The fourth-order valence-electron chi connectivity index (χ4n) is 6.34. The summed E-state index contributed by atoms with van der Waals surface area (Å²) in [7, 11) is 0.311. The van der Waals surface area contributed by atoms with Gasteiger partial charge in [-0.3, -0.25) is 0 Å². The van der Waals surface area contributed by atoms with Crippen molar-refractivity contribution in [2.75, 3.05) is 0 Å². The molecule has 0 N–H and O–H groups in total. The lowest BCUT2D eigenvalue weighted by atomic mass is 9.96. The van der Waals surface area contributed by atoms with Crippen LogP contribution in [0.1, 0.15) is 5.56 Å². The van der Waals surface area contributed by atoms with Gasteiger partial charge in [0.1, 0.15) is 26.3 Å². The highest BCUT2D eigenvalue weighted by molar-refractivity contribution is 7.03. The summed E-state index contributed by atoms with van der Waals surface area (Å²) in [5.41, 5.74) is 10.1. The fraction of sp³-hybridized carbons (Fsp3) is 0.118. The second-order valence-corrected chi connectivity index (χ2v) is 15.1. The van der Waals surface area contributed by atoms with Crippen molar-refractivity contribution in [3.8, 4) is 33.5 Å². The molecule has 182 valence electrons. The fourth-order valence-corrected chi connectivity index (χ4v) is 9.42. The zero-order valence-corrected chi connectivity index (χ0v) is 23.0. The highest BCUT2D eigenvalue weighted by Gasteiger charge is 2.37. The Kier molecular flexibility index (Phi) is 4.79. The number of hydrogen-bond acceptors (Lipinski definition) is 1. The second-order valence-electron chi connectivity index (χ2n) is 10.8. The standard InChI is InChI=1S/C34H27N2OSi/c1-21-13-15-24-25-16-17-27(35-2)32(34(25)37-33(24)31(21)28-11-8-9-19-36(28)3)22-14-18-30-26(20-22)23-10-6-7-12-29(23)38(30,4)5/h6-20H,1,3-5H3/q+1. The minimum Gasteiger partial charge on any atom is -0.456 e. The van der Waals surface area contributed by atoms with Crippen LogP contribution in [0.2, 0.25) is 13.1 Å². The molecule has 3 heterocycles. The van der Waals surface area contributed by atoms with E-state index < -0.39 is 8.07 Å². The molecular weight excluding hydrogens is 480 g/mol. The van der Waals surface area contributed by atoms with E-state index in [1.54, 1.807) is 0 Å². The van der Waals surface area contributed by atoms with Crippen molar-refractivity contribution in [2.45, 2.75) is 20.0 Å². The first-order valence-electron chi connectivity index (χ1n) is 13.0. The summed E-state index contributed by atoms with van der Waals surface area (Å²) >= 11 is 0. The first-order chi connectivity index (χ1) is 18.4. The van der Waals surface area contributed by atoms with Crippen LogP contribution in [-0.4, -0.2) is 8.07 Å². The van der Waals surface area contributed by atoms with E-state index in [1.807, 2.05) is 18.2 Å². The highest BCUT2D eigenvalue weighted by Crippen LogP contribution is 2.45. The first kappa shape index (κ1) is 22.7. The molecule has 1 aliphatic heterocycles. The number of aromatic nitrogens is 1. The van der Waals surface area contributed by atoms with E-state index in [-0.39, 0.29) is 0 Å². The van der Waals surface area contributed by atoms with Crippen LogP contribution in [0.3, 0.4) is 0 Å². The Labute approximate surface area is 223 Å². The Balaban J connectivity index is 1.54. The molecule has 7 rings (SSSR count). The van der Waals surface area contributed by atoms with Crippen molar-refractivity contribution < 1.29 is 8.98 Å². The van der Waals surface area contributed by atoms with Gasteiger partial charge in [0.2, 0.25) is 5.69 Å². The van der Waals surface area contributed by atoms with Crippen LogP contribution >= 0.6 is 0 Å². The van der Waals surface area contributed by atoms with Gasteiger partial charge in [0, 0.05) is 28.5 Å². The molecule has 0 unspecified atom stereocenters. The molecule has 4 heteroatoms. The highest BCUT2D eigenvalue weighted by atomic mass is 28.3. The summed E-state index contributed by atoms with van der Waals surface area (Å²) in [4.78, 5) is 3.94. The van der Waals surface area contributed by atoms with Crippen LogP contribution < -0.4 is 14.9 Å². The van der Waals surface area contributed by atoms with Gasteiger partial charge in [-0.05, 0) is 51.7 Å². The number of furan rings is 1. The molecule has 0 aliphatic carbocycles. The second kappa shape index (κ2) is 8.02. The Morgan fingerprint density at radius 3 is 2.26 bits per heavy atom. The quantitative estimate of drug-likeness (QED) is 0.136. The van der Waals surface area contributed by atoms with Gasteiger partial charge in [-0.25, -0.2) is 9.41 Å². The summed E-state index contributed by atoms with van der Waals surface area (Å²) in [5.74, 6) is 0. The number of hydrogen-bond donors (Lipinski definition) is 0. The maximum Gasteiger partial charge on any atom is 0.216 e. The van der Waals surface area contributed by atoms with E-state index >= 15 is 0 Å². The monoisotopic (exact) mass is 507 g/mol. The number of aryl methyl sites for hydroxylation is 2. The number of nitrogens with zero attached hydrogens (tertiary/aromatic N) is 2. The van der Waals surface area contributed by atoms with Crippen LogP contribution in [0.5, 0.6) is 0 Å². The van der Waals surface area contributed by atoms with E-state index in [4.69, 9.17) is 11.0 Å². The van der Waals surface area contributed by atoms with Crippen molar-refractivity contribution in [3.63, 3.8) is 0 Å². The van der Waals surface area contributed by atoms with Crippen LogP contribution in [0, 0.1) is 13.5 Å². The van der Waals surface area contributed by atoms with Gasteiger partial charge in [-0.15, -0.1) is 0 Å². The largest absolute Gasteiger partial charge is 0.456 e. The molecule has 6 aromatic rings. The van der Waals surface area contributed by atoms with Gasteiger partial charge in [0.05, 0.1) is 12.1 Å². The van der Waals surface area contributed by atoms with Crippen molar-refractivity contribution in [1.82, 2.24) is 0 Å². The molecule has 0 fully saturated rings. The molecule has 1 aliphatic rings. The Morgan fingerprint density at radius 2 is 1.47 bits per heavy atom. The van der Waals surface area contributed by atoms with E-state index in [9.17, 15) is 0 Å². The molecular formula is C34H27N2OSi+. The maximum absolute atomic E-state index is 8.00. The van der Waals surface area contributed by atoms with E-state index in [0.29, 0.717) is 5.69 Å². The topological polar surface area (TPSA) is 21.4 Å². The molecule has 0 saturated heterocycles. The van der Waals surface area contributed by atoms with Gasteiger partial charge >= 0.3 is 0 Å². The van der Waals surface area contributed by atoms with Gasteiger partial charge in [0.15, 0.2) is 11.9 Å². The van der Waals surface area contributed by atoms with Gasteiger partial charge in [0.25, 0.3) is 0 Å². The van der Waals surface area contributed by atoms with E-state index in [1.165, 1.54) is 21.5 Å². The molecule has 3 nitrogen and oxygen atoms in total. The average molecular weight is 508 g/mol. The zero-order valence-electron chi connectivity index (χ0n) is 22.0. The van der Waals surface area contributed by atoms with Crippen molar-refractivity contribution in [1.29, 1.82) is 0 Å². The molecule has 0 saturated carbocycles. The third kappa shape index (κ3) is 3.03. The number of pyridine rings is 1. The van der Waals surface area contributed by atoms with Gasteiger partial charge in [-0.2, -0.15) is 0 Å². The molecule has 0 spiro atoms. The van der Waals surface area contributed by atoms with E-state index in [0.717, 1.165) is 49.9 Å². The SMILES string of the molecule is [C-]#[N+]c1ccc2c(oc3c(-c4cccc[n+]4C)c(C)ccc32)c1-c1ccc2c(c1)-c1ccccc1[Si]2(C)C. The van der Waals surface area contributed by atoms with Crippen LogP contribution in [0.4, 0.5) is 5.69 Å². The third-order valence-electron chi connectivity index (χ3n) is 8.30. The van der Waals surface area contributed by atoms with Crippen LogP contribution in [0.25, 0.3) is 60.3 Å². The third-order valence-corrected chi connectivity index (χ3v) is 11.9. The maximum atomic E-state index is 8.00. The molecule has 0 bridgehead atoms. The Hall–Kier alpha value is -4.46. The average Bonchev–Trinajstić information content (AvgIpc) is 3.41. The number of benzene rings is 4. The number of fused-ring (bicyclic) bond motifs is 6. The van der Waals surface area contributed by atoms with Crippen molar-refractivity contribution in [2.24, 2.45) is 7.05 Å². The van der Waals surface area contributed by atoms with Crippen molar-refractivity contribution >= 4 is 46.1 Å². The summed E-state index contributed by atoms with van der Waals surface area (Å²) in [5, 5.41) is 5.05. The number of rotatable bonds is 2. The predicted octanol–water partition coefficient (Wildman–Crippen LogP) is 7.41. The Morgan fingerprint density at radius 1 is 0.763 bits per heavy atom. The van der Waals surface area contributed by atoms with E-state index in [2.05, 4.69) is 109 Å². The molecule has 0 atom stereocenters. The summed E-state index contributed by atoms with van der Waals surface area (Å²) in [6.07, 6.45) is 2.06. The Bertz CT molecular complexity index is 1990. The van der Waals surface area contributed by atoms with Gasteiger partial charge < -0.3 is 4.42 Å². The first-order valence-corrected chi connectivity index (χ1v) is 16.0. The lowest BCUT2D eigenvalue weighted by Gasteiger charge is -2.18. The summed E-state index contributed by atoms with van der Waals surface area (Å²) < 4.78 is 8.91. The van der Waals surface area contributed by atoms with Crippen LogP contribution in [-0.2, 0) is 7.05 Å². The van der Waals surface area contributed by atoms with Crippen LogP contribution in [0.15, 0.2) is 95.5 Å². The minimum absolute atomic E-state index is 0.614. The predicted molar refractivity (Wildman–Crippen MR) is 159 cm³/mol. The normalized spacial score (nSPS) is 13.4. The zero-order chi connectivity index (χ0) is 26.2. The molecule has 0 amide bonds. The summed E-state index contributed by atoms with van der Waals surface area (Å²) in [6, 6.07) is 30.1. The molecule has 4 aromatic carbocycles. The summed E-state index contributed by atoms with van der Waals surface area (Å²) in [6.45, 7) is 15.0. The van der Waals surface area contributed by atoms with Gasteiger partial charge in [-0.1, -0.05) is 73.8 Å². The lowest BCUT2D eigenvalue weighted by molar-refractivity contribution is -0.660. The van der Waals surface area contributed by atoms with Crippen molar-refractivity contribution in [3.05, 3.63) is 108 Å². The lowest BCUT2D eigenvalue weighted by Crippen LogP contribution is -2.49. The molecule has 2 aromatic heterocycles. The molecule has 38 heavy (non-hydrogen) atoms. The smallest absolute Gasteiger partial charge is 0.216 e.